The zero-order valence-corrected chi connectivity index (χ0v) is 17.3. The number of nitrogens with zero attached hydrogens (tertiary/aromatic N) is 2. The summed E-state index contributed by atoms with van der Waals surface area (Å²) in [7, 11) is 0. The summed E-state index contributed by atoms with van der Waals surface area (Å²) in [5, 5.41) is 1.29. The molecular weight excluding hydrogens is 375 g/mol. The second-order valence-electron chi connectivity index (χ2n) is 6.33. The van der Waals surface area contributed by atoms with E-state index in [4.69, 9.17) is 23.2 Å². The van der Waals surface area contributed by atoms with Gasteiger partial charge in [-0.1, -0.05) is 80.1 Å². The Bertz CT molecular complexity index is 558. The molecule has 0 saturated carbocycles. The lowest BCUT2D eigenvalue weighted by molar-refractivity contribution is 0.276. The number of halogens is 3. The van der Waals surface area contributed by atoms with Crippen LogP contribution in [0.25, 0.3) is 0 Å². The van der Waals surface area contributed by atoms with Crippen LogP contribution in [0.15, 0.2) is 42.8 Å². The highest BCUT2D eigenvalue weighted by Crippen LogP contribution is 2.25. The van der Waals surface area contributed by atoms with Crippen molar-refractivity contribution in [3.05, 3.63) is 58.4 Å². The summed E-state index contributed by atoms with van der Waals surface area (Å²) in [4.78, 5) is 4.72. The molecule has 0 saturated heterocycles. The van der Waals surface area contributed by atoms with Crippen molar-refractivity contribution >= 4 is 35.6 Å². The molecule has 1 aromatic carbocycles. The molecule has 25 heavy (non-hydrogen) atoms. The first kappa shape index (κ1) is 22.2. The fraction of sp³-hybridized carbons (Fsp3) is 0.500. The van der Waals surface area contributed by atoms with Crippen LogP contribution >= 0.6 is 35.6 Å². The van der Waals surface area contributed by atoms with Gasteiger partial charge < -0.3 is 9.80 Å². The van der Waals surface area contributed by atoms with Crippen LogP contribution in [0.1, 0.15) is 44.6 Å². The molecule has 5 heteroatoms. The van der Waals surface area contributed by atoms with E-state index >= 15 is 0 Å². The van der Waals surface area contributed by atoms with Gasteiger partial charge in [0.1, 0.15) is 0 Å². The van der Waals surface area contributed by atoms with Gasteiger partial charge >= 0.3 is 0 Å². The van der Waals surface area contributed by atoms with E-state index in [2.05, 4.69) is 41.3 Å². The SMILES string of the molecule is CCCCCCCN1C=CN(CC=CCc2cccc(Cl)c2Cl)C1.Cl. The Labute approximate surface area is 168 Å². The molecule has 2 rings (SSSR count). The van der Waals surface area contributed by atoms with Crippen molar-refractivity contribution < 1.29 is 0 Å². The van der Waals surface area contributed by atoms with E-state index in [9.17, 15) is 0 Å². The molecule has 0 fully saturated rings. The predicted molar refractivity (Wildman–Crippen MR) is 113 cm³/mol. The Hall–Kier alpha value is -0.830. The molecule has 0 bridgehead atoms. The van der Waals surface area contributed by atoms with Gasteiger partial charge in [0, 0.05) is 25.5 Å². The molecule has 0 N–H and O–H groups in total. The van der Waals surface area contributed by atoms with Crippen molar-refractivity contribution in [3.63, 3.8) is 0 Å². The van der Waals surface area contributed by atoms with Crippen LogP contribution in [-0.4, -0.2) is 29.6 Å². The normalized spacial score (nSPS) is 13.7. The van der Waals surface area contributed by atoms with Gasteiger partial charge in [0.05, 0.1) is 16.7 Å². The summed E-state index contributed by atoms with van der Waals surface area (Å²) in [6.45, 7) is 5.35. The smallest absolute Gasteiger partial charge is 0.0896 e. The first-order valence-corrected chi connectivity index (χ1v) is 9.70. The highest BCUT2D eigenvalue weighted by Gasteiger charge is 2.10. The van der Waals surface area contributed by atoms with Gasteiger partial charge in [-0.15, -0.1) is 12.4 Å². The number of rotatable bonds is 10. The van der Waals surface area contributed by atoms with Crippen LogP contribution in [-0.2, 0) is 6.42 Å². The summed E-state index contributed by atoms with van der Waals surface area (Å²) < 4.78 is 0. The zero-order valence-electron chi connectivity index (χ0n) is 15.0. The Kier molecular flexibility index (Phi) is 11.1. The largest absolute Gasteiger partial charge is 0.359 e. The fourth-order valence-corrected chi connectivity index (χ4v) is 3.22. The molecule has 0 atom stereocenters. The Morgan fingerprint density at radius 2 is 1.76 bits per heavy atom. The second-order valence-corrected chi connectivity index (χ2v) is 7.11. The molecule has 0 amide bonds. The molecule has 1 aliphatic heterocycles. The number of benzene rings is 1. The highest BCUT2D eigenvalue weighted by atomic mass is 35.5. The average Bonchev–Trinajstić information content (AvgIpc) is 3.03. The van der Waals surface area contributed by atoms with Crippen molar-refractivity contribution in [1.82, 2.24) is 9.80 Å². The molecule has 0 aliphatic carbocycles. The van der Waals surface area contributed by atoms with E-state index in [0.29, 0.717) is 10.0 Å². The van der Waals surface area contributed by atoms with Gasteiger partial charge in [0.15, 0.2) is 0 Å². The second kappa shape index (κ2) is 12.5. The van der Waals surface area contributed by atoms with Gasteiger partial charge in [0.2, 0.25) is 0 Å². The van der Waals surface area contributed by atoms with E-state index in [-0.39, 0.29) is 12.4 Å². The summed E-state index contributed by atoms with van der Waals surface area (Å²) >= 11 is 12.2. The maximum atomic E-state index is 6.20. The first-order valence-electron chi connectivity index (χ1n) is 8.95. The highest BCUT2D eigenvalue weighted by molar-refractivity contribution is 6.42. The quantitative estimate of drug-likeness (QED) is 0.323. The van der Waals surface area contributed by atoms with Gasteiger partial charge in [0.25, 0.3) is 0 Å². The molecule has 1 heterocycles. The Morgan fingerprint density at radius 3 is 2.56 bits per heavy atom. The van der Waals surface area contributed by atoms with Crippen LogP contribution < -0.4 is 0 Å². The summed E-state index contributed by atoms with van der Waals surface area (Å²) in [5.74, 6) is 0. The lowest BCUT2D eigenvalue weighted by atomic mass is 10.1. The molecule has 1 aliphatic rings. The van der Waals surface area contributed by atoms with Crippen molar-refractivity contribution in [2.24, 2.45) is 0 Å². The minimum atomic E-state index is 0. The average molecular weight is 404 g/mol. The maximum Gasteiger partial charge on any atom is 0.0896 e. The predicted octanol–water partition coefficient (Wildman–Crippen LogP) is 6.53. The fourth-order valence-electron chi connectivity index (χ4n) is 2.82. The number of unbranched alkanes of at least 4 members (excludes halogenated alkanes) is 4. The van der Waals surface area contributed by atoms with Gasteiger partial charge in [-0.2, -0.15) is 0 Å². The molecule has 0 spiro atoms. The van der Waals surface area contributed by atoms with Crippen molar-refractivity contribution in [3.8, 4) is 0 Å². The van der Waals surface area contributed by atoms with E-state index in [1.54, 1.807) is 0 Å². The number of allylic oxidation sites excluding steroid dienone is 1. The molecule has 0 unspecified atom stereocenters. The van der Waals surface area contributed by atoms with E-state index < -0.39 is 0 Å². The van der Waals surface area contributed by atoms with Crippen LogP contribution in [0.5, 0.6) is 0 Å². The van der Waals surface area contributed by atoms with Gasteiger partial charge in [-0.05, 0) is 24.5 Å². The number of hydrogen-bond donors (Lipinski definition) is 0. The monoisotopic (exact) mass is 402 g/mol. The van der Waals surface area contributed by atoms with E-state index in [1.807, 2.05) is 18.2 Å². The van der Waals surface area contributed by atoms with Crippen molar-refractivity contribution in [2.45, 2.75) is 45.4 Å². The molecule has 140 valence electrons. The molecule has 2 nitrogen and oxygen atoms in total. The van der Waals surface area contributed by atoms with Crippen LogP contribution in [0, 0.1) is 0 Å². The van der Waals surface area contributed by atoms with Crippen LogP contribution in [0.4, 0.5) is 0 Å². The molecule has 0 aromatic heterocycles. The topological polar surface area (TPSA) is 6.48 Å². The maximum absolute atomic E-state index is 6.20. The zero-order chi connectivity index (χ0) is 17.2. The Morgan fingerprint density at radius 1 is 1.00 bits per heavy atom. The molecular formula is C20H29Cl3N2. The van der Waals surface area contributed by atoms with Gasteiger partial charge in [-0.3, -0.25) is 0 Å². The van der Waals surface area contributed by atoms with E-state index in [0.717, 1.165) is 25.2 Å². The minimum absolute atomic E-state index is 0. The standard InChI is InChI=1S/C20H28Cl2N2.ClH/c1-2-3-4-5-7-13-23-15-16-24(17-23)14-8-6-10-18-11-9-12-19(21)20(18)22;/h6,8-9,11-12,15-16H,2-5,7,10,13-14,17H2,1H3;1H. The van der Waals surface area contributed by atoms with E-state index in [1.165, 1.54) is 38.6 Å². The Balaban J connectivity index is 0.00000312. The third-order valence-electron chi connectivity index (χ3n) is 4.28. The van der Waals surface area contributed by atoms with Crippen LogP contribution in [0.2, 0.25) is 10.0 Å². The third kappa shape index (κ3) is 7.94. The minimum Gasteiger partial charge on any atom is -0.359 e. The summed E-state index contributed by atoms with van der Waals surface area (Å²) in [6.07, 6.45) is 16.3. The third-order valence-corrected chi connectivity index (χ3v) is 5.13. The number of hydrogen-bond acceptors (Lipinski definition) is 2. The lowest BCUT2D eigenvalue weighted by Gasteiger charge is -2.20. The van der Waals surface area contributed by atoms with Crippen LogP contribution in [0.3, 0.4) is 0 Å². The first-order chi connectivity index (χ1) is 11.7. The summed E-state index contributed by atoms with van der Waals surface area (Å²) in [5.41, 5.74) is 1.08. The molecule has 0 radical (unpaired) electrons. The lowest BCUT2D eigenvalue weighted by Crippen LogP contribution is -2.26. The van der Waals surface area contributed by atoms with Gasteiger partial charge in [-0.25, -0.2) is 0 Å². The molecule has 1 aromatic rings. The van der Waals surface area contributed by atoms with Crippen molar-refractivity contribution in [1.29, 1.82) is 0 Å². The summed E-state index contributed by atoms with van der Waals surface area (Å²) in [6, 6.07) is 5.79. The van der Waals surface area contributed by atoms with Crippen molar-refractivity contribution in [2.75, 3.05) is 19.8 Å².